The van der Waals surface area contributed by atoms with Gasteiger partial charge in [0.15, 0.2) is 0 Å². The fraction of sp³-hybridized carbons (Fsp3) is 0.524. The van der Waals surface area contributed by atoms with Gasteiger partial charge in [0.25, 0.3) is 0 Å². The molecule has 1 aliphatic heterocycles. The molecule has 0 aromatic heterocycles. The number of amides is 2. The molecule has 0 atom stereocenters. The van der Waals surface area contributed by atoms with Crippen LogP contribution in [0.2, 0.25) is 0 Å². The third-order valence-corrected chi connectivity index (χ3v) is 4.82. The van der Waals surface area contributed by atoms with Crippen molar-refractivity contribution in [2.45, 2.75) is 39.2 Å². The van der Waals surface area contributed by atoms with Gasteiger partial charge in [-0.25, -0.2) is 4.79 Å². The smallest absolute Gasteiger partial charge is 0.410 e. The predicted octanol–water partition coefficient (Wildman–Crippen LogP) is 4.09. The molecule has 7 heteroatoms. The van der Waals surface area contributed by atoms with Gasteiger partial charge in [0, 0.05) is 29.3 Å². The molecule has 0 radical (unpaired) electrons. The molecular weight excluding hydrogens is 471 g/mol. The maximum atomic E-state index is 12.5. The number of rotatable bonds is 7. The van der Waals surface area contributed by atoms with Crippen LogP contribution in [0.15, 0.2) is 36.4 Å². The number of hydrogen-bond donors (Lipinski definition) is 0. The van der Waals surface area contributed by atoms with Gasteiger partial charge in [0.1, 0.15) is 18.0 Å². The summed E-state index contributed by atoms with van der Waals surface area (Å²) in [6, 6.07) is 7.73. The van der Waals surface area contributed by atoms with Gasteiger partial charge in [-0.1, -0.05) is 6.08 Å². The highest BCUT2D eigenvalue weighted by molar-refractivity contribution is 14.1. The van der Waals surface area contributed by atoms with Crippen LogP contribution in [0.4, 0.5) is 4.79 Å². The molecule has 2 rings (SSSR count). The second kappa shape index (κ2) is 10.7. The summed E-state index contributed by atoms with van der Waals surface area (Å²) in [6.07, 6.45) is 4.95. The van der Waals surface area contributed by atoms with E-state index < -0.39 is 11.7 Å². The Morgan fingerprint density at radius 2 is 1.82 bits per heavy atom. The Bertz CT molecular complexity index is 677. The fourth-order valence-electron chi connectivity index (χ4n) is 2.71. The second-order valence-electron chi connectivity index (χ2n) is 7.66. The zero-order valence-corrected chi connectivity index (χ0v) is 19.0. The Kier molecular flexibility index (Phi) is 8.59. The Morgan fingerprint density at radius 3 is 2.43 bits per heavy atom. The summed E-state index contributed by atoms with van der Waals surface area (Å²) in [6.45, 7) is 8.11. The average Bonchev–Trinajstić information content (AvgIpc) is 3.15. The number of hydrogen-bond acceptors (Lipinski definition) is 4. The summed E-state index contributed by atoms with van der Waals surface area (Å²) in [4.78, 5) is 28.0. The van der Waals surface area contributed by atoms with Crippen molar-refractivity contribution in [1.82, 2.24) is 9.80 Å². The van der Waals surface area contributed by atoms with Gasteiger partial charge in [-0.15, -0.1) is 0 Å². The first-order chi connectivity index (χ1) is 13.2. The van der Waals surface area contributed by atoms with E-state index in [4.69, 9.17) is 9.47 Å². The van der Waals surface area contributed by atoms with Crippen LogP contribution >= 0.6 is 22.6 Å². The van der Waals surface area contributed by atoms with Crippen LogP contribution in [0, 0.1) is 3.57 Å². The lowest BCUT2D eigenvalue weighted by Gasteiger charge is -2.26. The van der Waals surface area contributed by atoms with Crippen molar-refractivity contribution in [2.75, 3.05) is 32.8 Å². The molecule has 6 nitrogen and oxygen atoms in total. The van der Waals surface area contributed by atoms with E-state index in [0.29, 0.717) is 19.7 Å². The Balaban J connectivity index is 1.90. The highest BCUT2D eigenvalue weighted by Crippen LogP contribution is 2.14. The quantitative estimate of drug-likeness (QED) is 0.418. The second-order valence-corrected chi connectivity index (χ2v) is 8.91. The number of halogens is 1. The minimum Gasteiger partial charge on any atom is -0.492 e. The molecule has 0 unspecified atom stereocenters. The number of likely N-dealkylation sites (tertiary alicyclic amines) is 1. The zero-order chi connectivity index (χ0) is 20.6. The summed E-state index contributed by atoms with van der Waals surface area (Å²) in [5.41, 5.74) is -0.582. The van der Waals surface area contributed by atoms with Gasteiger partial charge in [-0.2, -0.15) is 0 Å². The number of benzene rings is 1. The number of carbonyl (C=O) groups is 2. The van der Waals surface area contributed by atoms with Crippen molar-refractivity contribution in [2.24, 2.45) is 0 Å². The van der Waals surface area contributed by atoms with E-state index in [-0.39, 0.29) is 5.91 Å². The van der Waals surface area contributed by atoms with E-state index >= 15 is 0 Å². The van der Waals surface area contributed by atoms with Crippen molar-refractivity contribution >= 4 is 34.6 Å². The van der Waals surface area contributed by atoms with E-state index in [1.54, 1.807) is 17.1 Å². The molecule has 1 fully saturated rings. The normalized spacial score (nSPS) is 14.4. The molecule has 1 aromatic carbocycles. The summed E-state index contributed by atoms with van der Waals surface area (Å²) < 4.78 is 12.3. The van der Waals surface area contributed by atoms with Crippen molar-refractivity contribution in [1.29, 1.82) is 0 Å². The van der Waals surface area contributed by atoms with E-state index in [9.17, 15) is 9.59 Å². The molecule has 0 aliphatic carbocycles. The van der Waals surface area contributed by atoms with Crippen LogP contribution in [-0.4, -0.2) is 60.2 Å². The van der Waals surface area contributed by atoms with Crippen LogP contribution in [0.25, 0.3) is 0 Å². The number of carbonyl (C=O) groups excluding carboxylic acids is 2. The molecule has 0 saturated carbocycles. The highest BCUT2D eigenvalue weighted by atomic mass is 127. The van der Waals surface area contributed by atoms with Crippen LogP contribution < -0.4 is 4.74 Å². The topological polar surface area (TPSA) is 59.1 Å². The van der Waals surface area contributed by atoms with Gasteiger partial charge in [0.2, 0.25) is 5.91 Å². The SMILES string of the molecule is CC(C)(C)OC(=O)N(C/C=C/C(=O)N1CCCC1)CCOc1ccc(I)cc1. The minimum absolute atomic E-state index is 0.00298. The molecule has 1 aromatic rings. The lowest BCUT2D eigenvalue weighted by atomic mass is 10.2. The van der Waals surface area contributed by atoms with Crippen molar-refractivity contribution < 1.29 is 19.1 Å². The third kappa shape index (κ3) is 8.08. The van der Waals surface area contributed by atoms with Gasteiger partial charge >= 0.3 is 6.09 Å². The van der Waals surface area contributed by atoms with Gasteiger partial charge < -0.3 is 19.3 Å². The Hall–Kier alpha value is -1.77. The van der Waals surface area contributed by atoms with Crippen LogP contribution in [0.1, 0.15) is 33.6 Å². The summed E-state index contributed by atoms with van der Waals surface area (Å²) in [5, 5.41) is 0. The molecule has 0 spiro atoms. The van der Waals surface area contributed by atoms with E-state index in [1.807, 2.05) is 49.9 Å². The maximum Gasteiger partial charge on any atom is 0.410 e. The first-order valence-electron chi connectivity index (χ1n) is 9.56. The zero-order valence-electron chi connectivity index (χ0n) is 16.8. The van der Waals surface area contributed by atoms with Crippen LogP contribution in [0.5, 0.6) is 5.75 Å². The highest BCUT2D eigenvalue weighted by Gasteiger charge is 2.22. The summed E-state index contributed by atoms with van der Waals surface area (Å²) in [5.74, 6) is 0.751. The molecule has 1 aliphatic rings. The largest absolute Gasteiger partial charge is 0.492 e. The summed E-state index contributed by atoms with van der Waals surface area (Å²) in [7, 11) is 0. The standard InChI is InChI=1S/C21H29IN2O4/c1-21(2,3)28-20(26)24(14-6-7-19(25)23-12-4-5-13-23)15-16-27-18-10-8-17(22)9-11-18/h6-11H,4-5,12-16H2,1-3H3/b7-6+. The first-order valence-corrected chi connectivity index (χ1v) is 10.6. The van der Waals surface area contributed by atoms with E-state index in [1.165, 1.54) is 0 Å². The van der Waals surface area contributed by atoms with Gasteiger partial charge in [-0.05, 0) is 80.5 Å². The van der Waals surface area contributed by atoms with Gasteiger partial charge in [-0.3, -0.25) is 4.79 Å². The molecule has 28 heavy (non-hydrogen) atoms. The molecule has 0 bridgehead atoms. The molecule has 0 N–H and O–H groups in total. The monoisotopic (exact) mass is 500 g/mol. The van der Waals surface area contributed by atoms with Crippen molar-refractivity contribution in [3.8, 4) is 5.75 Å². The first kappa shape index (κ1) is 22.5. The lowest BCUT2D eigenvalue weighted by Crippen LogP contribution is -2.39. The Labute approximate surface area is 181 Å². The van der Waals surface area contributed by atoms with Crippen molar-refractivity contribution in [3.05, 3.63) is 40.0 Å². The molecule has 1 heterocycles. The minimum atomic E-state index is -0.582. The van der Waals surface area contributed by atoms with Gasteiger partial charge in [0.05, 0.1) is 6.54 Å². The maximum absolute atomic E-state index is 12.5. The molecule has 154 valence electrons. The van der Waals surface area contributed by atoms with Crippen molar-refractivity contribution in [3.63, 3.8) is 0 Å². The average molecular weight is 500 g/mol. The number of nitrogens with zero attached hydrogens (tertiary/aromatic N) is 2. The molecule has 1 saturated heterocycles. The lowest BCUT2D eigenvalue weighted by molar-refractivity contribution is -0.125. The van der Waals surface area contributed by atoms with Crippen LogP contribution in [-0.2, 0) is 9.53 Å². The van der Waals surface area contributed by atoms with Crippen LogP contribution in [0.3, 0.4) is 0 Å². The molecular formula is C21H29IN2O4. The predicted molar refractivity (Wildman–Crippen MR) is 117 cm³/mol. The molecule has 2 amide bonds. The summed E-state index contributed by atoms with van der Waals surface area (Å²) >= 11 is 2.24. The Morgan fingerprint density at radius 1 is 1.18 bits per heavy atom. The fourth-order valence-corrected chi connectivity index (χ4v) is 3.07. The van der Waals surface area contributed by atoms with E-state index in [0.717, 1.165) is 35.3 Å². The third-order valence-electron chi connectivity index (χ3n) is 4.10. The van der Waals surface area contributed by atoms with E-state index in [2.05, 4.69) is 22.6 Å². The number of ether oxygens (including phenoxy) is 2.